The fourth-order valence-electron chi connectivity index (χ4n) is 2.61. The Hall–Kier alpha value is -2.53. The van der Waals surface area contributed by atoms with Crippen LogP contribution >= 0.6 is 0 Å². The number of methoxy groups -OCH3 is 2. The largest absolute Gasteiger partial charge is 0.493 e. The van der Waals surface area contributed by atoms with Gasteiger partial charge in [-0.2, -0.15) is 0 Å². The Labute approximate surface area is 149 Å². The van der Waals surface area contributed by atoms with Crippen molar-refractivity contribution in [3.8, 4) is 11.5 Å². The Bertz CT molecular complexity index is 687. The van der Waals surface area contributed by atoms with Crippen LogP contribution in [0.4, 0.5) is 0 Å². The molecule has 2 aromatic carbocycles. The molecule has 0 saturated carbocycles. The van der Waals surface area contributed by atoms with Crippen LogP contribution in [-0.4, -0.2) is 51.7 Å². The Kier molecular flexibility index (Phi) is 6.83. The molecule has 0 fully saturated rings. The third-order valence-corrected chi connectivity index (χ3v) is 4.19. The van der Waals surface area contributed by atoms with Gasteiger partial charge in [-0.1, -0.05) is 30.3 Å². The molecule has 1 atom stereocenters. The zero-order valence-corrected chi connectivity index (χ0v) is 15.3. The SMILES string of the molecule is COc1ccc(C(=O)NCC(Cc2ccccc2)N(C)C)cc1OC. The molecule has 0 aliphatic rings. The maximum Gasteiger partial charge on any atom is 0.251 e. The summed E-state index contributed by atoms with van der Waals surface area (Å²) in [6.07, 6.45) is 0.875. The van der Waals surface area contributed by atoms with E-state index in [4.69, 9.17) is 9.47 Å². The second-order valence-electron chi connectivity index (χ2n) is 6.09. The summed E-state index contributed by atoms with van der Waals surface area (Å²) >= 11 is 0. The van der Waals surface area contributed by atoms with Crippen LogP contribution < -0.4 is 14.8 Å². The van der Waals surface area contributed by atoms with Gasteiger partial charge in [0.15, 0.2) is 11.5 Å². The molecule has 5 nitrogen and oxygen atoms in total. The normalized spacial score (nSPS) is 11.9. The van der Waals surface area contributed by atoms with Crippen LogP contribution in [0.2, 0.25) is 0 Å². The van der Waals surface area contributed by atoms with Crippen LogP contribution in [0.25, 0.3) is 0 Å². The monoisotopic (exact) mass is 342 g/mol. The Balaban J connectivity index is 2.01. The lowest BCUT2D eigenvalue weighted by Gasteiger charge is -2.25. The summed E-state index contributed by atoms with van der Waals surface area (Å²) in [5.74, 6) is 1.03. The molecule has 2 aromatic rings. The standard InChI is InChI=1S/C20H26N2O3/c1-22(2)17(12-15-8-6-5-7-9-15)14-21-20(23)16-10-11-18(24-3)19(13-16)25-4/h5-11,13,17H,12,14H2,1-4H3,(H,21,23). The number of benzene rings is 2. The van der Waals surface area contributed by atoms with Gasteiger partial charge in [0.25, 0.3) is 5.91 Å². The molecule has 1 unspecified atom stereocenters. The van der Waals surface area contributed by atoms with Gasteiger partial charge in [-0.3, -0.25) is 4.79 Å². The van der Waals surface area contributed by atoms with Crippen molar-refractivity contribution in [1.82, 2.24) is 10.2 Å². The van der Waals surface area contributed by atoms with Crippen LogP contribution in [0.3, 0.4) is 0 Å². The first kappa shape index (κ1) is 18.8. The molecule has 0 radical (unpaired) electrons. The highest BCUT2D eigenvalue weighted by atomic mass is 16.5. The number of hydrogen-bond donors (Lipinski definition) is 1. The summed E-state index contributed by atoms with van der Waals surface area (Å²) in [7, 11) is 7.18. The predicted molar refractivity (Wildman–Crippen MR) is 99.5 cm³/mol. The van der Waals surface area contributed by atoms with Crippen molar-refractivity contribution in [2.24, 2.45) is 0 Å². The van der Waals surface area contributed by atoms with Crippen molar-refractivity contribution in [3.05, 3.63) is 59.7 Å². The van der Waals surface area contributed by atoms with Crippen LogP contribution in [-0.2, 0) is 6.42 Å². The van der Waals surface area contributed by atoms with E-state index in [-0.39, 0.29) is 11.9 Å². The summed E-state index contributed by atoms with van der Waals surface area (Å²) in [4.78, 5) is 14.6. The second kappa shape index (κ2) is 9.08. The number of carbonyl (C=O) groups is 1. The molecule has 0 aromatic heterocycles. The van der Waals surface area contributed by atoms with Gasteiger partial charge >= 0.3 is 0 Å². The number of likely N-dealkylation sites (N-methyl/N-ethyl adjacent to an activating group) is 1. The highest BCUT2D eigenvalue weighted by Gasteiger charge is 2.15. The maximum atomic E-state index is 12.5. The smallest absolute Gasteiger partial charge is 0.251 e. The molecule has 0 bridgehead atoms. The fraction of sp³-hybridized carbons (Fsp3) is 0.350. The lowest BCUT2D eigenvalue weighted by Crippen LogP contribution is -2.41. The van der Waals surface area contributed by atoms with Gasteiger partial charge in [0.2, 0.25) is 0 Å². The highest BCUT2D eigenvalue weighted by Crippen LogP contribution is 2.27. The van der Waals surface area contributed by atoms with E-state index in [1.807, 2.05) is 32.3 Å². The van der Waals surface area contributed by atoms with Crippen LogP contribution in [0.15, 0.2) is 48.5 Å². The van der Waals surface area contributed by atoms with Crippen molar-refractivity contribution < 1.29 is 14.3 Å². The second-order valence-corrected chi connectivity index (χ2v) is 6.09. The minimum Gasteiger partial charge on any atom is -0.493 e. The summed E-state index contributed by atoms with van der Waals surface area (Å²) in [6.45, 7) is 0.565. The van der Waals surface area contributed by atoms with Gasteiger partial charge in [-0.15, -0.1) is 0 Å². The summed E-state index contributed by atoms with van der Waals surface area (Å²) in [6, 6.07) is 15.7. The molecule has 0 aliphatic carbocycles. The fourth-order valence-corrected chi connectivity index (χ4v) is 2.61. The molecule has 0 heterocycles. The van der Waals surface area contributed by atoms with E-state index in [9.17, 15) is 4.79 Å². The van der Waals surface area contributed by atoms with Crippen LogP contribution in [0.1, 0.15) is 15.9 Å². The molecule has 5 heteroatoms. The van der Waals surface area contributed by atoms with E-state index in [1.165, 1.54) is 5.56 Å². The zero-order chi connectivity index (χ0) is 18.2. The lowest BCUT2D eigenvalue weighted by atomic mass is 10.0. The molecule has 1 N–H and O–H groups in total. The topological polar surface area (TPSA) is 50.8 Å². The quantitative estimate of drug-likeness (QED) is 0.801. The Morgan fingerprint density at radius 1 is 1.04 bits per heavy atom. The predicted octanol–water partition coefficient (Wildman–Crippen LogP) is 2.61. The van der Waals surface area contributed by atoms with Gasteiger partial charge in [-0.05, 0) is 44.3 Å². The van der Waals surface area contributed by atoms with Gasteiger partial charge in [0, 0.05) is 18.2 Å². The summed E-state index contributed by atoms with van der Waals surface area (Å²) in [5, 5.41) is 3.01. The third kappa shape index (κ3) is 5.22. The number of hydrogen-bond acceptors (Lipinski definition) is 4. The van der Waals surface area contributed by atoms with Gasteiger partial charge in [-0.25, -0.2) is 0 Å². The van der Waals surface area contributed by atoms with E-state index < -0.39 is 0 Å². The number of nitrogens with one attached hydrogen (secondary N) is 1. The van der Waals surface area contributed by atoms with Crippen molar-refractivity contribution in [3.63, 3.8) is 0 Å². The van der Waals surface area contributed by atoms with E-state index >= 15 is 0 Å². The van der Waals surface area contributed by atoms with Gasteiger partial charge < -0.3 is 19.7 Å². The number of ether oxygens (including phenoxy) is 2. The molecule has 25 heavy (non-hydrogen) atoms. The first-order valence-corrected chi connectivity index (χ1v) is 8.25. The van der Waals surface area contributed by atoms with E-state index in [2.05, 4.69) is 22.3 Å². The van der Waals surface area contributed by atoms with E-state index in [0.717, 1.165) is 6.42 Å². The van der Waals surface area contributed by atoms with E-state index in [0.29, 0.717) is 23.6 Å². The molecular weight excluding hydrogens is 316 g/mol. The molecule has 134 valence electrons. The van der Waals surface area contributed by atoms with Crippen LogP contribution in [0.5, 0.6) is 11.5 Å². The van der Waals surface area contributed by atoms with Crippen LogP contribution in [0, 0.1) is 0 Å². The number of nitrogens with zero attached hydrogens (tertiary/aromatic N) is 1. The zero-order valence-electron chi connectivity index (χ0n) is 15.3. The highest BCUT2D eigenvalue weighted by molar-refractivity contribution is 5.94. The third-order valence-electron chi connectivity index (χ3n) is 4.19. The average Bonchev–Trinajstić information content (AvgIpc) is 2.64. The Morgan fingerprint density at radius 2 is 1.72 bits per heavy atom. The molecule has 1 amide bonds. The minimum absolute atomic E-state index is 0.124. The average molecular weight is 342 g/mol. The van der Waals surface area contributed by atoms with Crippen molar-refractivity contribution >= 4 is 5.91 Å². The van der Waals surface area contributed by atoms with Gasteiger partial charge in [0.05, 0.1) is 14.2 Å². The van der Waals surface area contributed by atoms with Crippen molar-refractivity contribution in [2.45, 2.75) is 12.5 Å². The summed E-state index contributed by atoms with van der Waals surface area (Å²) < 4.78 is 10.5. The number of amides is 1. The number of rotatable bonds is 8. The van der Waals surface area contributed by atoms with Crippen molar-refractivity contribution in [2.75, 3.05) is 34.9 Å². The minimum atomic E-state index is -0.124. The first-order valence-electron chi connectivity index (χ1n) is 8.25. The van der Waals surface area contributed by atoms with E-state index in [1.54, 1.807) is 32.4 Å². The summed E-state index contributed by atoms with van der Waals surface area (Å²) in [5.41, 5.74) is 1.80. The number of carbonyl (C=O) groups excluding carboxylic acids is 1. The molecule has 0 saturated heterocycles. The molecular formula is C20H26N2O3. The maximum absolute atomic E-state index is 12.5. The molecule has 2 rings (SSSR count). The first-order chi connectivity index (χ1) is 12.0. The molecule has 0 aliphatic heterocycles. The molecule has 0 spiro atoms. The lowest BCUT2D eigenvalue weighted by molar-refractivity contribution is 0.0941. The van der Waals surface area contributed by atoms with Gasteiger partial charge in [0.1, 0.15) is 0 Å². The van der Waals surface area contributed by atoms with Crippen molar-refractivity contribution in [1.29, 1.82) is 0 Å². The Morgan fingerprint density at radius 3 is 2.32 bits per heavy atom.